The van der Waals surface area contributed by atoms with Crippen LogP contribution in [0.4, 0.5) is 0 Å². The van der Waals surface area contributed by atoms with Crippen LogP contribution in [0.2, 0.25) is 0 Å². The number of thiophene rings is 1. The first kappa shape index (κ1) is 23.3. The van der Waals surface area contributed by atoms with Crippen molar-refractivity contribution in [1.82, 2.24) is 4.98 Å². The van der Waals surface area contributed by atoms with E-state index in [2.05, 4.69) is 18.2 Å². The van der Waals surface area contributed by atoms with Gasteiger partial charge in [-0.25, -0.2) is 4.98 Å². The number of hydrogen-bond acceptors (Lipinski definition) is 2. The Hall–Kier alpha value is -0.890. The second-order valence-electron chi connectivity index (χ2n) is 10.5. The zero-order valence-electron chi connectivity index (χ0n) is 19.9. The number of rotatable bonds is 2. The number of hydrogen-bond donors (Lipinski definition) is 0. The summed E-state index contributed by atoms with van der Waals surface area (Å²) in [7, 11) is 0. The molecule has 0 saturated heterocycles. The average molecular weight is 440 g/mol. The highest BCUT2D eigenvalue weighted by Crippen LogP contribution is 2.38. The van der Waals surface area contributed by atoms with Crippen LogP contribution in [0.25, 0.3) is 10.2 Å². The standard InChI is InChI=1S/C29H45NS/c1-2-6-10-14-18-24(17-13-9-5-1)27-22-21-26-23-28(31-29(26)30-27)25-19-15-11-7-3-4-8-12-16-20-25/h21-25H,1-20H2. The van der Waals surface area contributed by atoms with Gasteiger partial charge in [0.05, 0.1) is 0 Å². The largest absolute Gasteiger partial charge is 0.242 e. The Morgan fingerprint density at radius 2 is 1.00 bits per heavy atom. The molecular formula is C29H45NS. The fourth-order valence-corrected chi connectivity index (χ4v) is 7.14. The van der Waals surface area contributed by atoms with Gasteiger partial charge in [0.1, 0.15) is 4.83 Å². The van der Waals surface area contributed by atoms with Crippen molar-refractivity contribution in [3.63, 3.8) is 0 Å². The summed E-state index contributed by atoms with van der Waals surface area (Å²) in [6.45, 7) is 0. The molecule has 0 aromatic carbocycles. The van der Waals surface area contributed by atoms with Crippen LogP contribution in [-0.2, 0) is 0 Å². The third-order valence-electron chi connectivity index (χ3n) is 7.95. The van der Waals surface area contributed by atoms with E-state index in [0.29, 0.717) is 5.92 Å². The molecule has 0 amide bonds. The smallest absolute Gasteiger partial charge is 0.123 e. The van der Waals surface area contributed by atoms with Gasteiger partial charge in [0.15, 0.2) is 0 Å². The zero-order chi connectivity index (χ0) is 21.1. The summed E-state index contributed by atoms with van der Waals surface area (Å²) in [5.41, 5.74) is 1.39. The fraction of sp³-hybridized carbons (Fsp3) is 0.759. The van der Waals surface area contributed by atoms with Crippen LogP contribution in [0.3, 0.4) is 0 Å². The fourth-order valence-electron chi connectivity index (χ4n) is 5.93. The predicted molar refractivity (Wildman–Crippen MR) is 137 cm³/mol. The third kappa shape index (κ3) is 7.31. The third-order valence-corrected chi connectivity index (χ3v) is 9.16. The number of pyridine rings is 1. The molecule has 2 aromatic heterocycles. The molecule has 0 N–H and O–H groups in total. The summed E-state index contributed by atoms with van der Waals surface area (Å²) >= 11 is 2.02. The van der Waals surface area contributed by atoms with E-state index in [0.717, 1.165) is 5.92 Å². The Bertz CT molecular complexity index is 713. The lowest BCUT2D eigenvalue weighted by Gasteiger charge is -2.16. The lowest BCUT2D eigenvalue weighted by atomic mass is 9.91. The van der Waals surface area contributed by atoms with Gasteiger partial charge in [-0.1, -0.05) is 109 Å². The highest BCUT2D eigenvalue weighted by atomic mass is 32.1. The first-order chi connectivity index (χ1) is 15.4. The Labute approximate surface area is 195 Å². The van der Waals surface area contributed by atoms with Gasteiger partial charge >= 0.3 is 0 Å². The Balaban J connectivity index is 1.46. The summed E-state index contributed by atoms with van der Waals surface area (Å²) in [6.07, 6.45) is 28.4. The van der Waals surface area contributed by atoms with Crippen LogP contribution in [0.1, 0.15) is 151 Å². The van der Waals surface area contributed by atoms with Crippen molar-refractivity contribution in [3.05, 3.63) is 28.8 Å². The molecular weight excluding hydrogens is 394 g/mol. The van der Waals surface area contributed by atoms with Crippen LogP contribution >= 0.6 is 11.3 Å². The highest BCUT2D eigenvalue weighted by Gasteiger charge is 2.18. The van der Waals surface area contributed by atoms with Crippen LogP contribution in [-0.4, -0.2) is 4.98 Å². The normalized spacial score (nSPS) is 22.6. The van der Waals surface area contributed by atoms with Crippen molar-refractivity contribution in [1.29, 1.82) is 0 Å². The SMILES string of the molecule is c1cc2cc(C3CCCCCCCCCC3)sc2nc1C1CCCCCCCCCC1. The summed E-state index contributed by atoms with van der Waals surface area (Å²) < 4.78 is 0. The minimum atomic E-state index is 0.686. The van der Waals surface area contributed by atoms with Gasteiger partial charge in [0.2, 0.25) is 0 Å². The lowest BCUT2D eigenvalue weighted by Crippen LogP contribution is -2.02. The molecule has 2 aliphatic rings. The van der Waals surface area contributed by atoms with Crippen LogP contribution in [0.5, 0.6) is 0 Å². The molecule has 0 spiro atoms. The molecule has 172 valence electrons. The molecule has 31 heavy (non-hydrogen) atoms. The van der Waals surface area contributed by atoms with Gasteiger partial charge < -0.3 is 0 Å². The molecule has 0 radical (unpaired) electrons. The Kier molecular flexibility index (Phi) is 9.74. The Morgan fingerprint density at radius 3 is 1.52 bits per heavy atom. The monoisotopic (exact) mass is 439 g/mol. The maximum absolute atomic E-state index is 5.27. The minimum absolute atomic E-state index is 0.686. The molecule has 2 aromatic rings. The summed E-state index contributed by atoms with van der Waals surface area (Å²) in [5, 5.41) is 1.40. The molecule has 2 fully saturated rings. The van der Waals surface area contributed by atoms with Gasteiger partial charge in [-0.3, -0.25) is 0 Å². The molecule has 1 nitrogen and oxygen atoms in total. The minimum Gasteiger partial charge on any atom is -0.242 e. The van der Waals surface area contributed by atoms with E-state index >= 15 is 0 Å². The Morgan fingerprint density at radius 1 is 0.548 bits per heavy atom. The number of fused-ring (bicyclic) bond motifs is 1. The molecule has 0 unspecified atom stereocenters. The van der Waals surface area contributed by atoms with Gasteiger partial charge in [0, 0.05) is 21.9 Å². The molecule has 0 bridgehead atoms. The van der Waals surface area contributed by atoms with Crippen molar-refractivity contribution >= 4 is 21.6 Å². The van der Waals surface area contributed by atoms with Crippen molar-refractivity contribution in [2.24, 2.45) is 0 Å². The first-order valence-electron chi connectivity index (χ1n) is 13.8. The van der Waals surface area contributed by atoms with Crippen LogP contribution in [0, 0.1) is 0 Å². The van der Waals surface area contributed by atoms with Crippen molar-refractivity contribution in [3.8, 4) is 0 Å². The lowest BCUT2D eigenvalue weighted by molar-refractivity contribution is 0.506. The van der Waals surface area contributed by atoms with Crippen molar-refractivity contribution in [2.75, 3.05) is 0 Å². The maximum Gasteiger partial charge on any atom is 0.123 e. The molecule has 2 saturated carbocycles. The van der Waals surface area contributed by atoms with Gasteiger partial charge in [-0.2, -0.15) is 0 Å². The van der Waals surface area contributed by atoms with E-state index in [1.54, 1.807) is 4.88 Å². The molecule has 0 atom stereocenters. The van der Waals surface area contributed by atoms with E-state index < -0.39 is 0 Å². The molecule has 2 heteroatoms. The predicted octanol–water partition coefficient (Wildman–Crippen LogP) is 10.3. The summed E-state index contributed by atoms with van der Waals surface area (Å²) in [5.74, 6) is 1.46. The van der Waals surface area contributed by atoms with Gasteiger partial charge in [0.25, 0.3) is 0 Å². The molecule has 0 aliphatic heterocycles. The maximum atomic E-state index is 5.27. The number of aromatic nitrogens is 1. The second kappa shape index (κ2) is 13.0. The van der Waals surface area contributed by atoms with Gasteiger partial charge in [-0.05, 0) is 43.7 Å². The van der Waals surface area contributed by atoms with E-state index in [-0.39, 0.29) is 0 Å². The highest BCUT2D eigenvalue weighted by molar-refractivity contribution is 7.18. The van der Waals surface area contributed by atoms with E-state index in [1.165, 1.54) is 144 Å². The molecule has 2 aliphatic carbocycles. The zero-order valence-corrected chi connectivity index (χ0v) is 20.7. The van der Waals surface area contributed by atoms with Crippen LogP contribution < -0.4 is 0 Å². The first-order valence-corrected chi connectivity index (χ1v) is 14.6. The van der Waals surface area contributed by atoms with Crippen molar-refractivity contribution in [2.45, 2.75) is 140 Å². The van der Waals surface area contributed by atoms with Gasteiger partial charge in [-0.15, -0.1) is 11.3 Å². The van der Waals surface area contributed by atoms with Crippen LogP contribution in [0.15, 0.2) is 18.2 Å². The topological polar surface area (TPSA) is 12.9 Å². The van der Waals surface area contributed by atoms with E-state index in [9.17, 15) is 0 Å². The van der Waals surface area contributed by atoms with Crippen molar-refractivity contribution < 1.29 is 0 Å². The summed E-state index contributed by atoms with van der Waals surface area (Å²) in [6, 6.07) is 7.27. The number of nitrogens with zero attached hydrogens (tertiary/aromatic N) is 1. The quantitative estimate of drug-likeness (QED) is 0.453. The average Bonchev–Trinajstić information content (AvgIpc) is 3.15. The molecule has 4 rings (SSSR count). The summed E-state index contributed by atoms with van der Waals surface area (Å²) in [4.78, 5) is 8.22. The molecule has 2 heterocycles. The van der Waals surface area contributed by atoms with E-state index in [4.69, 9.17) is 4.98 Å². The van der Waals surface area contributed by atoms with E-state index in [1.807, 2.05) is 11.3 Å². The second-order valence-corrected chi connectivity index (χ2v) is 11.5.